The fraction of sp³-hybridized carbons (Fsp3) is 0.316. The smallest absolute Gasteiger partial charge is 0.0761 e. The third kappa shape index (κ3) is 2.88. The van der Waals surface area contributed by atoms with Crippen molar-refractivity contribution in [2.24, 2.45) is 0 Å². The van der Waals surface area contributed by atoms with E-state index < -0.39 is 0 Å². The molecule has 3 heterocycles. The van der Waals surface area contributed by atoms with E-state index in [1.807, 2.05) is 16.8 Å². The van der Waals surface area contributed by atoms with Gasteiger partial charge in [-0.2, -0.15) is 5.10 Å². The molecule has 0 aliphatic carbocycles. The van der Waals surface area contributed by atoms with E-state index in [4.69, 9.17) is 0 Å². The minimum absolute atomic E-state index is 0.0301. The number of nitrogens with zero attached hydrogens (tertiary/aromatic N) is 4. The number of hydrogen-bond donors (Lipinski definition) is 1. The molecule has 3 aromatic rings. The SMILES string of the molecule is OCc1cnn2cccc(CN3CCN(c4ccccc4)CC3)c12. The minimum atomic E-state index is 0.0301. The van der Waals surface area contributed by atoms with Crippen molar-refractivity contribution in [1.82, 2.24) is 14.5 Å². The van der Waals surface area contributed by atoms with Gasteiger partial charge in [-0.25, -0.2) is 4.52 Å². The quantitative estimate of drug-likeness (QED) is 0.799. The fourth-order valence-electron chi connectivity index (χ4n) is 3.47. The Hall–Kier alpha value is -2.37. The molecule has 4 rings (SSSR count). The van der Waals surface area contributed by atoms with Gasteiger partial charge in [0.1, 0.15) is 0 Å². The maximum Gasteiger partial charge on any atom is 0.0761 e. The molecule has 0 radical (unpaired) electrons. The Morgan fingerprint density at radius 2 is 1.71 bits per heavy atom. The molecule has 0 bridgehead atoms. The van der Waals surface area contributed by atoms with E-state index in [9.17, 15) is 5.11 Å². The van der Waals surface area contributed by atoms with Crippen molar-refractivity contribution >= 4 is 11.2 Å². The first-order valence-corrected chi connectivity index (χ1v) is 8.42. The van der Waals surface area contributed by atoms with Crippen LogP contribution < -0.4 is 4.90 Å². The number of hydrogen-bond acceptors (Lipinski definition) is 4. The van der Waals surface area contributed by atoms with Gasteiger partial charge < -0.3 is 10.0 Å². The molecule has 1 aromatic carbocycles. The average molecular weight is 322 g/mol. The van der Waals surface area contributed by atoms with Gasteiger partial charge in [0.05, 0.1) is 18.3 Å². The standard InChI is InChI=1S/C19H22N4O/c24-15-17-13-20-23-8-4-5-16(19(17)23)14-21-9-11-22(12-10-21)18-6-2-1-3-7-18/h1-8,13,24H,9-12,14-15H2. The highest BCUT2D eigenvalue weighted by molar-refractivity contribution is 5.60. The van der Waals surface area contributed by atoms with Crippen LogP contribution in [0.4, 0.5) is 5.69 Å². The van der Waals surface area contributed by atoms with Crippen molar-refractivity contribution in [3.8, 4) is 0 Å². The Bertz CT molecular complexity index is 807. The minimum Gasteiger partial charge on any atom is -0.392 e. The molecular formula is C19H22N4O. The van der Waals surface area contributed by atoms with Crippen LogP contribution in [-0.2, 0) is 13.2 Å². The Morgan fingerprint density at radius 1 is 0.917 bits per heavy atom. The molecule has 1 fully saturated rings. The van der Waals surface area contributed by atoms with Gasteiger partial charge in [-0.3, -0.25) is 4.90 Å². The van der Waals surface area contributed by atoms with Crippen molar-refractivity contribution < 1.29 is 5.11 Å². The van der Waals surface area contributed by atoms with E-state index in [0.29, 0.717) is 0 Å². The van der Waals surface area contributed by atoms with Crippen LogP contribution in [0.1, 0.15) is 11.1 Å². The predicted molar refractivity (Wildman–Crippen MR) is 95.0 cm³/mol. The maximum absolute atomic E-state index is 9.54. The summed E-state index contributed by atoms with van der Waals surface area (Å²) in [4.78, 5) is 4.91. The van der Waals surface area contributed by atoms with Crippen LogP contribution in [0.25, 0.3) is 5.52 Å². The number of piperazine rings is 1. The number of aliphatic hydroxyl groups is 1. The van der Waals surface area contributed by atoms with Crippen LogP contribution >= 0.6 is 0 Å². The van der Waals surface area contributed by atoms with Crippen molar-refractivity contribution in [3.63, 3.8) is 0 Å². The van der Waals surface area contributed by atoms with Crippen molar-refractivity contribution in [3.05, 3.63) is 66.0 Å². The second-order valence-electron chi connectivity index (χ2n) is 6.25. The molecule has 0 atom stereocenters. The molecule has 2 aromatic heterocycles. The van der Waals surface area contributed by atoms with E-state index in [1.54, 1.807) is 6.20 Å². The lowest BCUT2D eigenvalue weighted by Crippen LogP contribution is -2.46. The van der Waals surface area contributed by atoms with Crippen molar-refractivity contribution in [2.45, 2.75) is 13.2 Å². The molecule has 0 saturated carbocycles. The van der Waals surface area contributed by atoms with Gasteiger partial charge >= 0.3 is 0 Å². The number of aromatic nitrogens is 2. The molecule has 1 N–H and O–H groups in total. The summed E-state index contributed by atoms with van der Waals surface area (Å²) in [5, 5.41) is 13.9. The maximum atomic E-state index is 9.54. The average Bonchev–Trinajstić information content (AvgIpc) is 3.07. The Kier molecular flexibility index (Phi) is 4.19. The third-order valence-electron chi connectivity index (χ3n) is 4.76. The first-order chi connectivity index (χ1) is 11.8. The number of rotatable bonds is 4. The second kappa shape index (κ2) is 6.63. The molecular weight excluding hydrogens is 300 g/mol. The summed E-state index contributed by atoms with van der Waals surface area (Å²) in [5.74, 6) is 0. The van der Waals surface area contributed by atoms with E-state index in [2.05, 4.69) is 51.3 Å². The topological polar surface area (TPSA) is 44.0 Å². The molecule has 5 nitrogen and oxygen atoms in total. The van der Waals surface area contributed by atoms with Crippen molar-refractivity contribution in [2.75, 3.05) is 31.1 Å². The largest absolute Gasteiger partial charge is 0.392 e. The number of aliphatic hydroxyl groups excluding tert-OH is 1. The van der Waals surface area contributed by atoms with Gasteiger partial charge in [-0.1, -0.05) is 24.3 Å². The summed E-state index contributed by atoms with van der Waals surface area (Å²) in [6.07, 6.45) is 3.69. The normalized spacial score (nSPS) is 16.0. The third-order valence-corrected chi connectivity index (χ3v) is 4.76. The summed E-state index contributed by atoms with van der Waals surface area (Å²) in [7, 11) is 0. The van der Waals surface area contributed by atoms with E-state index in [1.165, 1.54) is 11.3 Å². The molecule has 124 valence electrons. The lowest BCUT2D eigenvalue weighted by Gasteiger charge is -2.36. The van der Waals surface area contributed by atoms with Gasteiger partial charge in [0, 0.05) is 50.2 Å². The highest BCUT2D eigenvalue weighted by Gasteiger charge is 2.18. The molecule has 5 heteroatoms. The number of para-hydroxylation sites is 1. The molecule has 1 aliphatic heterocycles. The van der Waals surface area contributed by atoms with Gasteiger partial charge in [-0.05, 0) is 23.8 Å². The molecule has 1 saturated heterocycles. The fourth-order valence-corrected chi connectivity index (χ4v) is 3.47. The molecule has 1 aliphatic rings. The zero-order chi connectivity index (χ0) is 16.4. The molecule has 0 unspecified atom stereocenters. The van der Waals surface area contributed by atoms with Gasteiger partial charge in [-0.15, -0.1) is 0 Å². The van der Waals surface area contributed by atoms with E-state index >= 15 is 0 Å². The Labute approximate surface area is 141 Å². The second-order valence-corrected chi connectivity index (χ2v) is 6.25. The van der Waals surface area contributed by atoms with Crippen molar-refractivity contribution in [1.29, 1.82) is 0 Å². The molecule has 0 spiro atoms. The summed E-state index contributed by atoms with van der Waals surface area (Å²) < 4.78 is 1.86. The Morgan fingerprint density at radius 3 is 2.46 bits per heavy atom. The van der Waals surface area contributed by atoms with Crippen LogP contribution in [0.2, 0.25) is 0 Å². The van der Waals surface area contributed by atoms with E-state index in [0.717, 1.165) is 43.8 Å². The monoisotopic (exact) mass is 322 g/mol. The summed E-state index contributed by atoms with van der Waals surface area (Å²) in [6.45, 7) is 5.09. The van der Waals surface area contributed by atoms with Gasteiger partial charge in [0.15, 0.2) is 0 Å². The number of benzene rings is 1. The summed E-state index contributed by atoms with van der Waals surface area (Å²) in [5.41, 5.74) is 4.48. The highest BCUT2D eigenvalue weighted by Crippen LogP contribution is 2.20. The van der Waals surface area contributed by atoms with Crippen LogP contribution in [0.5, 0.6) is 0 Å². The summed E-state index contributed by atoms with van der Waals surface area (Å²) in [6, 6.07) is 14.8. The highest BCUT2D eigenvalue weighted by atomic mass is 16.3. The van der Waals surface area contributed by atoms with E-state index in [-0.39, 0.29) is 6.61 Å². The predicted octanol–water partition coefficient (Wildman–Crippen LogP) is 2.15. The number of anilines is 1. The lowest BCUT2D eigenvalue weighted by atomic mass is 10.1. The van der Waals surface area contributed by atoms with Gasteiger partial charge in [0.2, 0.25) is 0 Å². The summed E-state index contributed by atoms with van der Waals surface area (Å²) >= 11 is 0. The van der Waals surface area contributed by atoms with Crippen LogP contribution in [0.3, 0.4) is 0 Å². The lowest BCUT2D eigenvalue weighted by molar-refractivity contribution is 0.250. The van der Waals surface area contributed by atoms with Crippen LogP contribution in [0.15, 0.2) is 54.9 Å². The first kappa shape index (κ1) is 15.2. The van der Waals surface area contributed by atoms with Crippen LogP contribution in [-0.4, -0.2) is 45.8 Å². The zero-order valence-corrected chi connectivity index (χ0v) is 13.7. The Balaban J connectivity index is 1.47. The molecule has 24 heavy (non-hydrogen) atoms. The first-order valence-electron chi connectivity index (χ1n) is 8.42. The van der Waals surface area contributed by atoms with Crippen LogP contribution in [0, 0.1) is 0 Å². The molecule has 0 amide bonds. The number of fused-ring (bicyclic) bond motifs is 1. The zero-order valence-electron chi connectivity index (χ0n) is 13.7. The van der Waals surface area contributed by atoms with Gasteiger partial charge in [0.25, 0.3) is 0 Å². The number of pyridine rings is 1.